The summed E-state index contributed by atoms with van der Waals surface area (Å²) in [6.45, 7) is 6.34. The third-order valence-corrected chi connectivity index (χ3v) is 1.68. The Bertz CT molecular complexity index is 299. The lowest BCUT2D eigenvalue weighted by molar-refractivity contribution is 0.309. The molecule has 0 N–H and O–H groups in total. The molecule has 0 saturated heterocycles. The summed E-state index contributed by atoms with van der Waals surface area (Å²) in [4.78, 5) is 3.98. The molecule has 0 radical (unpaired) electrons. The standard InChI is InChI=1S/C10H12ClNO/c1-8(2)6-7-13-10-5-3-4-9(11)12-10/h3-5H,1,6-7H2,2H3. The van der Waals surface area contributed by atoms with Gasteiger partial charge in [-0.3, -0.25) is 0 Å². The summed E-state index contributed by atoms with van der Waals surface area (Å²) in [6, 6.07) is 5.31. The van der Waals surface area contributed by atoms with Crippen LogP contribution in [0.1, 0.15) is 13.3 Å². The summed E-state index contributed by atoms with van der Waals surface area (Å²) in [7, 11) is 0. The van der Waals surface area contributed by atoms with E-state index in [9.17, 15) is 0 Å². The van der Waals surface area contributed by atoms with Crippen molar-refractivity contribution in [3.05, 3.63) is 35.5 Å². The normalized spacial score (nSPS) is 9.69. The average molecular weight is 198 g/mol. The summed E-state index contributed by atoms with van der Waals surface area (Å²) in [5, 5.41) is 0.452. The molecule has 0 spiro atoms. The van der Waals surface area contributed by atoms with Crippen molar-refractivity contribution in [3.8, 4) is 5.88 Å². The second-order valence-corrected chi connectivity index (χ2v) is 3.24. The van der Waals surface area contributed by atoms with Crippen molar-refractivity contribution in [2.24, 2.45) is 0 Å². The van der Waals surface area contributed by atoms with Gasteiger partial charge < -0.3 is 4.74 Å². The maximum atomic E-state index is 5.68. The van der Waals surface area contributed by atoms with Gasteiger partial charge in [-0.1, -0.05) is 23.2 Å². The maximum Gasteiger partial charge on any atom is 0.214 e. The molecule has 1 aromatic heterocycles. The number of halogens is 1. The Morgan fingerprint density at radius 3 is 3.00 bits per heavy atom. The van der Waals surface area contributed by atoms with Gasteiger partial charge in [0.1, 0.15) is 5.15 Å². The number of pyridine rings is 1. The number of hydrogen-bond donors (Lipinski definition) is 0. The van der Waals surface area contributed by atoms with Gasteiger partial charge in [0.05, 0.1) is 6.61 Å². The largest absolute Gasteiger partial charge is 0.477 e. The Morgan fingerprint density at radius 2 is 2.38 bits per heavy atom. The van der Waals surface area contributed by atoms with Gasteiger partial charge in [-0.2, -0.15) is 0 Å². The van der Waals surface area contributed by atoms with Crippen molar-refractivity contribution < 1.29 is 4.74 Å². The Balaban J connectivity index is 2.41. The van der Waals surface area contributed by atoms with Gasteiger partial charge in [0.2, 0.25) is 5.88 Å². The van der Waals surface area contributed by atoms with Crippen LogP contribution in [-0.4, -0.2) is 11.6 Å². The SMILES string of the molecule is C=C(C)CCOc1cccc(Cl)n1. The molecule has 3 heteroatoms. The molecule has 1 rings (SSSR count). The molecule has 0 fully saturated rings. The number of rotatable bonds is 4. The zero-order chi connectivity index (χ0) is 9.68. The van der Waals surface area contributed by atoms with E-state index in [2.05, 4.69) is 11.6 Å². The Hall–Kier alpha value is -1.02. The van der Waals surface area contributed by atoms with Crippen LogP contribution in [0.25, 0.3) is 0 Å². The first kappa shape index (κ1) is 10.1. The summed E-state index contributed by atoms with van der Waals surface area (Å²) >= 11 is 5.68. The number of hydrogen-bond acceptors (Lipinski definition) is 2. The highest BCUT2D eigenvalue weighted by molar-refractivity contribution is 6.29. The lowest BCUT2D eigenvalue weighted by Crippen LogP contribution is -1.98. The minimum Gasteiger partial charge on any atom is -0.477 e. The smallest absolute Gasteiger partial charge is 0.214 e. The van der Waals surface area contributed by atoms with E-state index in [0.717, 1.165) is 12.0 Å². The average Bonchev–Trinajstić information content (AvgIpc) is 2.03. The first-order valence-electron chi connectivity index (χ1n) is 4.08. The van der Waals surface area contributed by atoms with Gasteiger partial charge in [-0.15, -0.1) is 6.58 Å². The highest BCUT2D eigenvalue weighted by Crippen LogP contribution is 2.11. The summed E-state index contributed by atoms with van der Waals surface area (Å²) in [5.74, 6) is 0.564. The van der Waals surface area contributed by atoms with E-state index in [1.807, 2.05) is 13.0 Å². The van der Waals surface area contributed by atoms with Crippen molar-refractivity contribution in [2.45, 2.75) is 13.3 Å². The second-order valence-electron chi connectivity index (χ2n) is 2.85. The summed E-state index contributed by atoms with van der Waals surface area (Å²) in [5.41, 5.74) is 1.10. The molecule has 70 valence electrons. The molecule has 0 bridgehead atoms. The quantitative estimate of drug-likeness (QED) is 0.547. The van der Waals surface area contributed by atoms with Crippen molar-refractivity contribution in [3.63, 3.8) is 0 Å². The molecule has 1 aromatic rings. The number of nitrogens with zero attached hydrogens (tertiary/aromatic N) is 1. The Morgan fingerprint density at radius 1 is 1.62 bits per heavy atom. The van der Waals surface area contributed by atoms with E-state index in [1.54, 1.807) is 12.1 Å². The minimum atomic E-state index is 0.452. The van der Waals surface area contributed by atoms with Crippen molar-refractivity contribution in [1.82, 2.24) is 4.98 Å². The molecule has 0 aliphatic rings. The van der Waals surface area contributed by atoms with Crippen molar-refractivity contribution >= 4 is 11.6 Å². The van der Waals surface area contributed by atoms with Gasteiger partial charge in [-0.05, 0) is 13.0 Å². The lowest BCUT2D eigenvalue weighted by Gasteiger charge is -2.04. The molecule has 1 heterocycles. The van der Waals surface area contributed by atoms with E-state index in [1.165, 1.54) is 0 Å². The number of ether oxygens (including phenoxy) is 1. The predicted molar refractivity (Wildman–Crippen MR) is 54.2 cm³/mol. The molecule has 0 saturated carbocycles. The van der Waals surface area contributed by atoms with Crippen LogP contribution in [0.2, 0.25) is 5.15 Å². The van der Waals surface area contributed by atoms with Crippen LogP contribution in [-0.2, 0) is 0 Å². The van der Waals surface area contributed by atoms with Crippen LogP contribution in [0, 0.1) is 0 Å². The van der Waals surface area contributed by atoms with Crippen LogP contribution in [0.3, 0.4) is 0 Å². The van der Waals surface area contributed by atoms with E-state index < -0.39 is 0 Å². The molecule has 0 aromatic carbocycles. The van der Waals surface area contributed by atoms with Gasteiger partial charge in [0, 0.05) is 12.5 Å². The fourth-order valence-electron chi connectivity index (χ4n) is 0.800. The second kappa shape index (κ2) is 4.87. The van der Waals surface area contributed by atoms with Gasteiger partial charge in [0.15, 0.2) is 0 Å². The third kappa shape index (κ3) is 3.95. The molecular weight excluding hydrogens is 186 g/mol. The highest BCUT2D eigenvalue weighted by atomic mass is 35.5. The highest BCUT2D eigenvalue weighted by Gasteiger charge is 1.95. The number of aromatic nitrogens is 1. The van der Waals surface area contributed by atoms with Crippen LogP contribution < -0.4 is 4.74 Å². The molecule has 0 aliphatic carbocycles. The molecular formula is C10H12ClNO. The molecule has 2 nitrogen and oxygen atoms in total. The first-order chi connectivity index (χ1) is 6.18. The first-order valence-corrected chi connectivity index (χ1v) is 4.46. The van der Waals surface area contributed by atoms with Crippen molar-refractivity contribution in [1.29, 1.82) is 0 Å². The van der Waals surface area contributed by atoms with E-state index >= 15 is 0 Å². The van der Waals surface area contributed by atoms with Crippen LogP contribution in [0.15, 0.2) is 30.4 Å². The fraction of sp³-hybridized carbons (Fsp3) is 0.300. The van der Waals surface area contributed by atoms with Crippen molar-refractivity contribution in [2.75, 3.05) is 6.61 Å². The van der Waals surface area contributed by atoms with Gasteiger partial charge >= 0.3 is 0 Å². The summed E-state index contributed by atoms with van der Waals surface area (Å²) in [6.07, 6.45) is 0.841. The molecule has 0 aliphatic heterocycles. The molecule has 0 amide bonds. The fourth-order valence-corrected chi connectivity index (χ4v) is 0.956. The van der Waals surface area contributed by atoms with Gasteiger partial charge in [-0.25, -0.2) is 4.98 Å². The maximum absolute atomic E-state index is 5.68. The zero-order valence-electron chi connectivity index (χ0n) is 7.59. The Kier molecular flexibility index (Phi) is 3.77. The van der Waals surface area contributed by atoms with E-state index in [0.29, 0.717) is 17.6 Å². The van der Waals surface area contributed by atoms with E-state index in [-0.39, 0.29) is 0 Å². The minimum absolute atomic E-state index is 0.452. The predicted octanol–water partition coefficient (Wildman–Crippen LogP) is 3.08. The molecule has 0 unspecified atom stereocenters. The monoisotopic (exact) mass is 197 g/mol. The van der Waals surface area contributed by atoms with Crippen LogP contribution >= 0.6 is 11.6 Å². The van der Waals surface area contributed by atoms with E-state index in [4.69, 9.17) is 16.3 Å². The topological polar surface area (TPSA) is 22.1 Å². The summed E-state index contributed by atoms with van der Waals surface area (Å²) < 4.78 is 5.34. The van der Waals surface area contributed by atoms with Crippen LogP contribution in [0.4, 0.5) is 0 Å². The molecule has 0 atom stereocenters. The van der Waals surface area contributed by atoms with Crippen LogP contribution in [0.5, 0.6) is 5.88 Å². The zero-order valence-corrected chi connectivity index (χ0v) is 8.34. The third-order valence-electron chi connectivity index (χ3n) is 1.47. The lowest BCUT2D eigenvalue weighted by atomic mass is 10.3. The Labute approximate surface area is 83.2 Å². The molecule has 13 heavy (non-hydrogen) atoms. The van der Waals surface area contributed by atoms with Gasteiger partial charge in [0.25, 0.3) is 0 Å².